The van der Waals surface area contributed by atoms with Crippen LogP contribution in [0.1, 0.15) is 23.4 Å². The van der Waals surface area contributed by atoms with E-state index >= 15 is 0 Å². The summed E-state index contributed by atoms with van der Waals surface area (Å²) < 4.78 is 5.00. The lowest BCUT2D eigenvalue weighted by molar-refractivity contribution is -0.140. The highest BCUT2D eigenvalue weighted by molar-refractivity contribution is 6.06. The van der Waals surface area contributed by atoms with Crippen LogP contribution >= 0.6 is 0 Å². The Morgan fingerprint density at radius 3 is 2.52 bits per heavy atom. The normalized spacial score (nSPS) is 31.0. The van der Waals surface area contributed by atoms with Gasteiger partial charge >= 0.3 is 0 Å². The SMILES string of the molecule is O=C(NCCCN1C(=O)[C@H]2[C@H](C1=O)[C@H]1C=C[C@H]2C1)c1ccco1. The van der Waals surface area contributed by atoms with Crippen LogP contribution in [0.5, 0.6) is 0 Å². The Morgan fingerprint density at radius 2 is 1.91 bits per heavy atom. The third kappa shape index (κ3) is 2.20. The molecule has 1 aromatic heterocycles. The van der Waals surface area contributed by atoms with Crippen LogP contribution in [-0.2, 0) is 9.59 Å². The Balaban J connectivity index is 1.30. The van der Waals surface area contributed by atoms with Gasteiger partial charge in [-0.2, -0.15) is 0 Å². The van der Waals surface area contributed by atoms with Crippen LogP contribution in [0, 0.1) is 23.7 Å². The third-order valence-electron chi connectivity index (χ3n) is 5.15. The van der Waals surface area contributed by atoms with Gasteiger partial charge in [0.05, 0.1) is 18.1 Å². The minimum Gasteiger partial charge on any atom is -0.459 e. The van der Waals surface area contributed by atoms with Crippen molar-refractivity contribution in [2.75, 3.05) is 13.1 Å². The molecule has 3 aliphatic rings. The number of amides is 3. The molecule has 4 atom stereocenters. The van der Waals surface area contributed by atoms with Crippen LogP contribution < -0.4 is 5.32 Å². The number of furan rings is 1. The van der Waals surface area contributed by atoms with E-state index in [9.17, 15) is 14.4 Å². The molecule has 2 heterocycles. The lowest BCUT2D eigenvalue weighted by Crippen LogP contribution is -2.35. The van der Waals surface area contributed by atoms with E-state index in [1.54, 1.807) is 12.1 Å². The quantitative estimate of drug-likeness (QED) is 0.503. The minimum absolute atomic E-state index is 0.0331. The summed E-state index contributed by atoms with van der Waals surface area (Å²) in [5, 5.41) is 2.72. The van der Waals surface area contributed by atoms with E-state index in [4.69, 9.17) is 4.42 Å². The summed E-state index contributed by atoms with van der Waals surface area (Å²) in [5.41, 5.74) is 0. The van der Waals surface area contributed by atoms with Gasteiger partial charge in [0.15, 0.2) is 5.76 Å². The zero-order chi connectivity index (χ0) is 16.0. The van der Waals surface area contributed by atoms with Gasteiger partial charge in [0.1, 0.15) is 0 Å². The summed E-state index contributed by atoms with van der Waals surface area (Å²) in [4.78, 5) is 38.1. The molecule has 0 aromatic carbocycles. The van der Waals surface area contributed by atoms with Crippen LogP contribution in [0.3, 0.4) is 0 Å². The number of allylic oxidation sites excluding steroid dienone is 2. The van der Waals surface area contributed by atoms with Gasteiger partial charge < -0.3 is 9.73 Å². The van der Waals surface area contributed by atoms with Gasteiger partial charge in [0.25, 0.3) is 5.91 Å². The summed E-state index contributed by atoms with van der Waals surface area (Å²) >= 11 is 0. The first-order chi connectivity index (χ1) is 11.2. The van der Waals surface area contributed by atoms with Crippen molar-refractivity contribution in [3.8, 4) is 0 Å². The molecule has 0 unspecified atom stereocenters. The molecule has 3 amide bonds. The third-order valence-corrected chi connectivity index (χ3v) is 5.15. The number of hydrogen-bond donors (Lipinski definition) is 1. The highest BCUT2D eigenvalue weighted by Crippen LogP contribution is 2.52. The van der Waals surface area contributed by atoms with E-state index in [-0.39, 0.29) is 47.2 Å². The Hall–Kier alpha value is -2.37. The van der Waals surface area contributed by atoms with Crippen LogP contribution in [0.2, 0.25) is 0 Å². The number of fused-ring (bicyclic) bond motifs is 5. The first-order valence-electron chi connectivity index (χ1n) is 8.02. The lowest BCUT2D eigenvalue weighted by atomic mass is 9.85. The van der Waals surface area contributed by atoms with Gasteiger partial charge in [0.2, 0.25) is 11.8 Å². The highest BCUT2D eigenvalue weighted by Gasteiger charge is 2.58. The van der Waals surface area contributed by atoms with Gasteiger partial charge in [-0.05, 0) is 36.8 Å². The molecule has 1 saturated heterocycles. The first-order valence-corrected chi connectivity index (χ1v) is 8.02. The number of carbonyl (C=O) groups is 3. The summed E-state index contributed by atoms with van der Waals surface area (Å²) in [6, 6.07) is 3.24. The summed E-state index contributed by atoms with van der Waals surface area (Å²) in [6.45, 7) is 0.763. The molecule has 1 aliphatic heterocycles. The van der Waals surface area contributed by atoms with Crippen molar-refractivity contribution in [1.82, 2.24) is 10.2 Å². The summed E-state index contributed by atoms with van der Waals surface area (Å²) in [5.74, 6) is 0.104. The van der Waals surface area contributed by atoms with E-state index in [1.165, 1.54) is 11.2 Å². The smallest absolute Gasteiger partial charge is 0.286 e. The molecule has 6 heteroatoms. The first kappa shape index (κ1) is 14.2. The molecule has 0 radical (unpaired) electrons. The second kappa shape index (κ2) is 5.37. The Bertz CT molecular complexity index is 649. The van der Waals surface area contributed by atoms with E-state index in [0.717, 1.165) is 6.42 Å². The number of likely N-dealkylation sites (tertiary alicyclic amines) is 1. The van der Waals surface area contributed by atoms with Crippen LogP contribution in [0.4, 0.5) is 0 Å². The van der Waals surface area contributed by atoms with Gasteiger partial charge in [0, 0.05) is 13.1 Å². The van der Waals surface area contributed by atoms with E-state index in [0.29, 0.717) is 19.5 Å². The van der Waals surface area contributed by atoms with Crippen LogP contribution in [-0.4, -0.2) is 35.7 Å². The molecule has 0 spiro atoms. The second-order valence-electron chi connectivity index (χ2n) is 6.41. The zero-order valence-corrected chi connectivity index (χ0v) is 12.6. The number of nitrogens with one attached hydrogen (secondary N) is 1. The highest BCUT2D eigenvalue weighted by atomic mass is 16.3. The molecular formula is C17H18N2O4. The monoisotopic (exact) mass is 314 g/mol. The number of carbonyl (C=O) groups excluding carboxylic acids is 3. The number of rotatable bonds is 5. The molecule has 2 aliphatic carbocycles. The maximum Gasteiger partial charge on any atom is 0.286 e. The largest absolute Gasteiger partial charge is 0.459 e. The maximum atomic E-state index is 12.5. The van der Waals surface area contributed by atoms with Crippen LogP contribution in [0.25, 0.3) is 0 Å². The van der Waals surface area contributed by atoms with Crippen molar-refractivity contribution < 1.29 is 18.8 Å². The minimum atomic E-state index is -0.284. The second-order valence-corrected chi connectivity index (χ2v) is 6.41. The molecule has 120 valence electrons. The molecule has 6 nitrogen and oxygen atoms in total. The van der Waals surface area contributed by atoms with Crippen LogP contribution in [0.15, 0.2) is 35.0 Å². The molecule has 4 rings (SSSR count). The predicted octanol–water partition coefficient (Wildman–Crippen LogP) is 1.21. The van der Waals surface area contributed by atoms with Gasteiger partial charge in [-0.1, -0.05) is 12.2 Å². The number of hydrogen-bond acceptors (Lipinski definition) is 4. The summed E-state index contributed by atoms with van der Waals surface area (Å²) in [6.07, 6.45) is 7.11. The zero-order valence-electron chi connectivity index (χ0n) is 12.6. The van der Waals surface area contributed by atoms with Crippen molar-refractivity contribution in [2.24, 2.45) is 23.7 Å². The standard InChI is InChI=1S/C17H18N2O4/c20-15(12-3-1-8-23-12)18-6-2-7-19-16(21)13-10-4-5-11(9-10)14(13)17(19)22/h1,3-5,8,10-11,13-14H,2,6-7,9H2,(H,18,20)/t10-,11-,13+,14+/m0/s1. The van der Waals surface area contributed by atoms with Gasteiger partial charge in [-0.3, -0.25) is 19.3 Å². The summed E-state index contributed by atoms with van der Waals surface area (Å²) in [7, 11) is 0. The Labute approximate surface area is 133 Å². The predicted molar refractivity (Wildman–Crippen MR) is 80.1 cm³/mol. The van der Waals surface area contributed by atoms with Crippen molar-refractivity contribution in [2.45, 2.75) is 12.8 Å². The molecule has 2 bridgehead atoms. The van der Waals surface area contributed by atoms with E-state index in [2.05, 4.69) is 17.5 Å². The molecule has 1 aromatic rings. The maximum absolute atomic E-state index is 12.5. The number of nitrogens with zero attached hydrogens (tertiary/aromatic N) is 1. The average Bonchev–Trinajstić information content (AvgIpc) is 3.30. The molecular weight excluding hydrogens is 296 g/mol. The van der Waals surface area contributed by atoms with Crippen molar-refractivity contribution >= 4 is 17.7 Å². The fourth-order valence-electron chi connectivity index (χ4n) is 4.12. The van der Waals surface area contributed by atoms with Gasteiger partial charge in [-0.25, -0.2) is 0 Å². The fraction of sp³-hybridized carbons (Fsp3) is 0.471. The topological polar surface area (TPSA) is 79.6 Å². The average molecular weight is 314 g/mol. The fourth-order valence-corrected chi connectivity index (χ4v) is 4.12. The van der Waals surface area contributed by atoms with E-state index < -0.39 is 0 Å². The van der Waals surface area contributed by atoms with Gasteiger partial charge in [-0.15, -0.1) is 0 Å². The van der Waals surface area contributed by atoms with Crippen molar-refractivity contribution in [3.05, 3.63) is 36.3 Å². The number of imide groups is 1. The van der Waals surface area contributed by atoms with E-state index in [1.807, 2.05) is 0 Å². The lowest BCUT2D eigenvalue weighted by Gasteiger charge is -2.17. The van der Waals surface area contributed by atoms with Crippen molar-refractivity contribution in [1.29, 1.82) is 0 Å². The van der Waals surface area contributed by atoms with Crippen molar-refractivity contribution in [3.63, 3.8) is 0 Å². The Kier molecular flexibility index (Phi) is 3.32. The molecule has 23 heavy (non-hydrogen) atoms. The molecule has 1 saturated carbocycles. The Morgan fingerprint density at radius 1 is 1.22 bits per heavy atom. The molecule has 2 fully saturated rings. The molecule has 1 N–H and O–H groups in total.